The minimum Gasteiger partial charge on any atom is -0.310 e. The van der Waals surface area contributed by atoms with E-state index in [0.29, 0.717) is 0 Å². The van der Waals surface area contributed by atoms with Crippen LogP contribution in [0.4, 0.5) is 0 Å². The van der Waals surface area contributed by atoms with E-state index in [1.807, 2.05) is 0 Å². The molecule has 14 heavy (non-hydrogen) atoms. The predicted molar refractivity (Wildman–Crippen MR) is 60.5 cm³/mol. The Bertz CT molecular complexity index is 181. The van der Waals surface area contributed by atoms with Gasteiger partial charge in [-0.05, 0) is 38.8 Å². The van der Waals surface area contributed by atoms with Crippen molar-refractivity contribution in [3.8, 4) is 0 Å². The molecular formula is C12H24N2. The van der Waals surface area contributed by atoms with Crippen LogP contribution in [-0.4, -0.2) is 37.1 Å². The van der Waals surface area contributed by atoms with Gasteiger partial charge >= 0.3 is 0 Å². The SMILES string of the molecule is CC1CCCC(NC2CCN(C)C2)C1. The normalized spacial score (nSPS) is 40.3. The maximum Gasteiger partial charge on any atom is 0.0209 e. The first-order valence-corrected chi connectivity index (χ1v) is 6.18. The van der Waals surface area contributed by atoms with Crippen LogP contribution in [0, 0.1) is 5.92 Å². The Morgan fingerprint density at radius 2 is 2.00 bits per heavy atom. The second-order valence-electron chi connectivity index (χ2n) is 5.38. The summed E-state index contributed by atoms with van der Waals surface area (Å²) in [6, 6.07) is 1.59. The topological polar surface area (TPSA) is 15.3 Å². The minimum atomic E-state index is 0.773. The van der Waals surface area contributed by atoms with Gasteiger partial charge in [-0.1, -0.05) is 19.8 Å². The third-order valence-corrected chi connectivity index (χ3v) is 3.80. The molecule has 0 spiro atoms. The highest BCUT2D eigenvalue weighted by Gasteiger charge is 2.24. The maximum atomic E-state index is 3.84. The Labute approximate surface area is 88.1 Å². The quantitative estimate of drug-likeness (QED) is 0.725. The summed E-state index contributed by atoms with van der Waals surface area (Å²) in [5.74, 6) is 0.945. The van der Waals surface area contributed by atoms with Gasteiger partial charge in [0.1, 0.15) is 0 Å². The van der Waals surface area contributed by atoms with E-state index in [1.54, 1.807) is 0 Å². The number of likely N-dealkylation sites (tertiary alicyclic amines) is 1. The Morgan fingerprint density at radius 3 is 2.64 bits per heavy atom. The molecule has 3 atom stereocenters. The monoisotopic (exact) mass is 196 g/mol. The van der Waals surface area contributed by atoms with Crippen molar-refractivity contribution in [2.75, 3.05) is 20.1 Å². The lowest BCUT2D eigenvalue weighted by molar-refractivity contribution is 0.278. The number of nitrogens with zero attached hydrogens (tertiary/aromatic N) is 1. The molecule has 2 rings (SSSR count). The molecule has 1 aliphatic heterocycles. The first-order chi connectivity index (χ1) is 6.74. The highest BCUT2D eigenvalue weighted by Crippen LogP contribution is 2.24. The molecule has 3 unspecified atom stereocenters. The van der Waals surface area contributed by atoms with Crippen molar-refractivity contribution in [1.82, 2.24) is 10.2 Å². The van der Waals surface area contributed by atoms with Crippen molar-refractivity contribution in [2.24, 2.45) is 5.92 Å². The molecule has 0 aromatic rings. The van der Waals surface area contributed by atoms with E-state index in [4.69, 9.17) is 0 Å². The van der Waals surface area contributed by atoms with Crippen LogP contribution in [0.3, 0.4) is 0 Å². The molecule has 1 saturated heterocycles. The average molecular weight is 196 g/mol. The van der Waals surface area contributed by atoms with Gasteiger partial charge < -0.3 is 10.2 Å². The van der Waals surface area contributed by atoms with Crippen molar-refractivity contribution in [3.05, 3.63) is 0 Å². The van der Waals surface area contributed by atoms with Crippen LogP contribution in [0.5, 0.6) is 0 Å². The Hall–Kier alpha value is -0.0800. The number of hydrogen-bond acceptors (Lipinski definition) is 2. The summed E-state index contributed by atoms with van der Waals surface area (Å²) in [7, 11) is 2.23. The molecule has 2 nitrogen and oxygen atoms in total. The summed E-state index contributed by atoms with van der Waals surface area (Å²) >= 11 is 0. The molecule has 82 valence electrons. The van der Waals surface area contributed by atoms with Crippen LogP contribution >= 0.6 is 0 Å². The number of nitrogens with one attached hydrogen (secondary N) is 1. The van der Waals surface area contributed by atoms with E-state index in [1.165, 1.54) is 45.2 Å². The lowest BCUT2D eigenvalue weighted by atomic mass is 9.87. The summed E-state index contributed by atoms with van der Waals surface area (Å²) in [6.07, 6.45) is 7.04. The molecule has 2 aliphatic rings. The summed E-state index contributed by atoms with van der Waals surface area (Å²) in [6.45, 7) is 4.93. The van der Waals surface area contributed by atoms with Crippen molar-refractivity contribution in [3.63, 3.8) is 0 Å². The van der Waals surface area contributed by atoms with Gasteiger partial charge in [0.15, 0.2) is 0 Å². The second-order valence-corrected chi connectivity index (χ2v) is 5.38. The number of hydrogen-bond donors (Lipinski definition) is 1. The van der Waals surface area contributed by atoms with E-state index < -0.39 is 0 Å². The third-order valence-electron chi connectivity index (χ3n) is 3.80. The van der Waals surface area contributed by atoms with Gasteiger partial charge in [-0.15, -0.1) is 0 Å². The van der Waals surface area contributed by atoms with Crippen LogP contribution in [0.15, 0.2) is 0 Å². The van der Waals surface area contributed by atoms with Gasteiger partial charge in [-0.3, -0.25) is 0 Å². The summed E-state index contributed by atoms with van der Waals surface area (Å²) in [4.78, 5) is 2.43. The fraction of sp³-hybridized carbons (Fsp3) is 1.00. The smallest absolute Gasteiger partial charge is 0.0209 e. The molecule has 0 aromatic heterocycles. The van der Waals surface area contributed by atoms with Crippen LogP contribution in [-0.2, 0) is 0 Å². The highest BCUT2D eigenvalue weighted by atomic mass is 15.2. The molecule has 2 fully saturated rings. The van der Waals surface area contributed by atoms with Crippen LogP contribution < -0.4 is 5.32 Å². The lowest BCUT2D eigenvalue weighted by Gasteiger charge is -2.30. The first-order valence-electron chi connectivity index (χ1n) is 6.18. The van der Waals surface area contributed by atoms with Gasteiger partial charge in [-0.25, -0.2) is 0 Å². The van der Waals surface area contributed by atoms with Gasteiger partial charge in [0.2, 0.25) is 0 Å². The summed E-state index contributed by atoms with van der Waals surface area (Å²) in [5.41, 5.74) is 0. The molecule has 1 N–H and O–H groups in total. The van der Waals surface area contributed by atoms with E-state index in [-0.39, 0.29) is 0 Å². The van der Waals surface area contributed by atoms with E-state index in [0.717, 1.165) is 18.0 Å². The second kappa shape index (κ2) is 4.63. The molecule has 2 heteroatoms. The van der Waals surface area contributed by atoms with Crippen molar-refractivity contribution in [2.45, 2.75) is 51.1 Å². The van der Waals surface area contributed by atoms with E-state index >= 15 is 0 Å². The Kier molecular flexibility index (Phi) is 3.45. The molecule has 0 radical (unpaired) electrons. The van der Waals surface area contributed by atoms with E-state index in [9.17, 15) is 0 Å². The van der Waals surface area contributed by atoms with Crippen molar-refractivity contribution >= 4 is 0 Å². The van der Waals surface area contributed by atoms with Gasteiger partial charge in [0, 0.05) is 18.6 Å². The highest BCUT2D eigenvalue weighted by molar-refractivity contribution is 4.84. The van der Waals surface area contributed by atoms with Crippen LogP contribution in [0.1, 0.15) is 39.0 Å². The third kappa shape index (κ3) is 2.71. The fourth-order valence-electron chi connectivity index (χ4n) is 2.99. The number of rotatable bonds is 2. The van der Waals surface area contributed by atoms with Crippen molar-refractivity contribution in [1.29, 1.82) is 0 Å². The standard InChI is InChI=1S/C12H24N2/c1-10-4-3-5-11(8-10)13-12-6-7-14(2)9-12/h10-13H,3-9H2,1-2H3. The molecule has 1 heterocycles. The van der Waals surface area contributed by atoms with E-state index in [2.05, 4.69) is 24.2 Å². The summed E-state index contributed by atoms with van der Waals surface area (Å²) < 4.78 is 0. The zero-order chi connectivity index (χ0) is 9.97. The number of likely N-dealkylation sites (N-methyl/N-ethyl adjacent to an activating group) is 1. The van der Waals surface area contributed by atoms with Crippen LogP contribution in [0.2, 0.25) is 0 Å². The van der Waals surface area contributed by atoms with Gasteiger partial charge in [0.25, 0.3) is 0 Å². The maximum absolute atomic E-state index is 3.84. The summed E-state index contributed by atoms with van der Waals surface area (Å²) in [5, 5.41) is 3.84. The Morgan fingerprint density at radius 1 is 1.14 bits per heavy atom. The molecule has 0 amide bonds. The molecule has 0 bridgehead atoms. The molecule has 1 saturated carbocycles. The Balaban J connectivity index is 1.74. The zero-order valence-electron chi connectivity index (χ0n) is 9.63. The molecular weight excluding hydrogens is 172 g/mol. The van der Waals surface area contributed by atoms with Gasteiger partial charge in [-0.2, -0.15) is 0 Å². The largest absolute Gasteiger partial charge is 0.310 e. The lowest BCUT2D eigenvalue weighted by Crippen LogP contribution is -2.41. The van der Waals surface area contributed by atoms with Crippen LogP contribution in [0.25, 0.3) is 0 Å². The predicted octanol–water partition coefficient (Wildman–Crippen LogP) is 1.86. The fourth-order valence-corrected chi connectivity index (χ4v) is 2.99. The molecule has 0 aromatic carbocycles. The zero-order valence-corrected chi connectivity index (χ0v) is 9.63. The average Bonchev–Trinajstić information content (AvgIpc) is 2.51. The minimum absolute atomic E-state index is 0.773. The van der Waals surface area contributed by atoms with Crippen molar-refractivity contribution < 1.29 is 0 Å². The van der Waals surface area contributed by atoms with Gasteiger partial charge in [0.05, 0.1) is 0 Å². The molecule has 1 aliphatic carbocycles. The first kappa shape index (κ1) is 10.4.